The lowest BCUT2D eigenvalue weighted by Crippen LogP contribution is -2.33. The van der Waals surface area contributed by atoms with Gasteiger partial charge >= 0.3 is 5.63 Å². The number of hydrogen-bond acceptors (Lipinski definition) is 6. The van der Waals surface area contributed by atoms with Crippen molar-refractivity contribution in [3.05, 3.63) is 33.7 Å². The standard InChI is InChI=1S/C16H17NO5/c1-2-3-8-4-13(20)22-16-14(8)11(19)6-12-15(16)10(18)5-9(7-17)21-12/h4,6,9,19H,2-3,5,7,17H2,1H3. The number of aromatic hydroxyl groups is 1. The Hall–Kier alpha value is -2.34. The predicted octanol–water partition coefficient (Wildman–Crippen LogP) is 1.74. The molecule has 0 radical (unpaired) electrons. The molecular formula is C16H17NO5. The van der Waals surface area contributed by atoms with Crippen LogP contribution in [0.3, 0.4) is 0 Å². The number of hydrogen-bond donors (Lipinski definition) is 2. The van der Waals surface area contributed by atoms with Crippen LogP contribution in [0.4, 0.5) is 0 Å². The summed E-state index contributed by atoms with van der Waals surface area (Å²) in [4.78, 5) is 24.2. The lowest BCUT2D eigenvalue weighted by atomic mass is 9.95. The van der Waals surface area contributed by atoms with Crippen molar-refractivity contribution in [2.24, 2.45) is 5.73 Å². The minimum atomic E-state index is -0.544. The maximum absolute atomic E-state index is 12.4. The average Bonchev–Trinajstić information content (AvgIpc) is 2.46. The van der Waals surface area contributed by atoms with Gasteiger partial charge in [-0.2, -0.15) is 0 Å². The number of Topliss-reactive ketones (excluding diaryl/α,β-unsaturated/α-hetero) is 1. The number of nitrogens with two attached hydrogens (primary N) is 1. The summed E-state index contributed by atoms with van der Waals surface area (Å²) in [7, 11) is 0. The van der Waals surface area contributed by atoms with Gasteiger partial charge in [0.2, 0.25) is 0 Å². The third kappa shape index (κ3) is 2.25. The third-order valence-electron chi connectivity index (χ3n) is 3.81. The normalized spacial score (nSPS) is 17.4. The second kappa shape index (κ2) is 5.46. The second-order valence-corrected chi connectivity index (χ2v) is 5.42. The van der Waals surface area contributed by atoms with E-state index in [1.54, 1.807) is 0 Å². The van der Waals surface area contributed by atoms with Gasteiger partial charge in [-0.15, -0.1) is 0 Å². The molecule has 0 bridgehead atoms. The van der Waals surface area contributed by atoms with Crippen LogP contribution in [0.5, 0.6) is 11.5 Å². The Morgan fingerprint density at radius 3 is 2.82 bits per heavy atom. The summed E-state index contributed by atoms with van der Waals surface area (Å²) in [5.41, 5.74) is 5.99. The van der Waals surface area contributed by atoms with E-state index in [1.807, 2.05) is 6.92 Å². The van der Waals surface area contributed by atoms with Crippen molar-refractivity contribution in [3.63, 3.8) is 0 Å². The Bertz CT molecular complexity index is 808. The van der Waals surface area contributed by atoms with Crippen LogP contribution in [0.1, 0.15) is 35.7 Å². The first-order valence-corrected chi connectivity index (χ1v) is 7.27. The quantitative estimate of drug-likeness (QED) is 0.837. The van der Waals surface area contributed by atoms with Crippen LogP contribution < -0.4 is 16.1 Å². The first-order valence-electron chi connectivity index (χ1n) is 7.27. The molecule has 1 aliphatic heterocycles. The molecule has 0 fully saturated rings. The number of phenolic OH excluding ortho intramolecular Hbond substituents is 1. The van der Waals surface area contributed by atoms with Gasteiger partial charge in [-0.05, 0) is 12.0 Å². The van der Waals surface area contributed by atoms with Crippen molar-refractivity contribution in [2.45, 2.75) is 32.3 Å². The fraction of sp³-hybridized carbons (Fsp3) is 0.375. The van der Waals surface area contributed by atoms with E-state index in [2.05, 4.69) is 0 Å². The fourth-order valence-electron chi connectivity index (χ4n) is 2.86. The SMILES string of the molecule is CCCc1cc(=O)oc2c3c(cc(O)c12)OC(CN)CC3=O. The summed E-state index contributed by atoms with van der Waals surface area (Å²) in [6.07, 6.45) is 1.11. The largest absolute Gasteiger partial charge is 0.507 e. The van der Waals surface area contributed by atoms with Crippen LogP contribution in [-0.2, 0) is 6.42 Å². The highest BCUT2D eigenvalue weighted by molar-refractivity contribution is 6.11. The Labute approximate surface area is 126 Å². The molecule has 0 saturated carbocycles. The van der Waals surface area contributed by atoms with Crippen molar-refractivity contribution in [1.29, 1.82) is 0 Å². The molecule has 1 aromatic heterocycles. The molecule has 1 unspecified atom stereocenters. The Kier molecular flexibility index (Phi) is 3.62. The van der Waals surface area contributed by atoms with Gasteiger partial charge in [-0.1, -0.05) is 13.3 Å². The molecule has 0 spiro atoms. The number of carbonyl (C=O) groups excluding carboxylic acids is 1. The number of rotatable bonds is 3. The monoisotopic (exact) mass is 303 g/mol. The highest BCUT2D eigenvalue weighted by Crippen LogP contribution is 2.40. The van der Waals surface area contributed by atoms with Gasteiger partial charge in [0.15, 0.2) is 11.4 Å². The maximum Gasteiger partial charge on any atom is 0.336 e. The van der Waals surface area contributed by atoms with E-state index >= 15 is 0 Å². The molecule has 1 aliphatic rings. The maximum atomic E-state index is 12.4. The van der Waals surface area contributed by atoms with Gasteiger partial charge < -0.3 is 20.0 Å². The zero-order chi connectivity index (χ0) is 15.9. The summed E-state index contributed by atoms with van der Waals surface area (Å²) >= 11 is 0. The average molecular weight is 303 g/mol. The van der Waals surface area contributed by atoms with Crippen molar-refractivity contribution in [1.82, 2.24) is 0 Å². The molecule has 2 aromatic rings. The minimum Gasteiger partial charge on any atom is -0.507 e. The molecule has 0 amide bonds. The van der Waals surface area contributed by atoms with Gasteiger partial charge in [0, 0.05) is 25.1 Å². The zero-order valence-corrected chi connectivity index (χ0v) is 12.2. The number of benzene rings is 1. The van der Waals surface area contributed by atoms with Crippen LogP contribution >= 0.6 is 0 Å². The van der Waals surface area contributed by atoms with Gasteiger partial charge in [0.05, 0.1) is 5.39 Å². The molecule has 3 N–H and O–H groups in total. The van der Waals surface area contributed by atoms with Gasteiger partial charge in [-0.3, -0.25) is 4.79 Å². The molecule has 1 aromatic carbocycles. The van der Waals surface area contributed by atoms with E-state index in [0.29, 0.717) is 17.4 Å². The number of carbonyl (C=O) groups is 1. The van der Waals surface area contributed by atoms with Crippen LogP contribution in [0, 0.1) is 0 Å². The van der Waals surface area contributed by atoms with E-state index < -0.39 is 11.7 Å². The molecular weight excluding hydrogens is 286 g/mol. The molecule has 6 nitrogen and oxygen atoms in total. The predicted molar refractivity (Wildman–Crippen MR) is 80.6 cm³/mol. The topological polar surface area (TPSA) is 103 Å². The summed E-state index contributed by atoms with van der Waals surface area (Å²) < 4.78 is 10.8. The number of ether oxygens (including phenoxy) is 1. The summed E-state index contributed by atoms with van der Waals surface area (Å²) in [5.74, 6) is -0.0431. The minimum absolute atomic E-state index is 0.0635. The lowest BCUT2D eigenvalue weighted by Gasteiger charge is -2.25. The molecule has 1 atom stereocenters. The van der Waals surface area contributed by atoms with Crippen LogP contribution in [-0.4, -0.2) is 23.5 Å². The Morgan fingerprint density at radius 1 is 1.36 bits per heavy atom. The van der Waals surface area contributed by atoms with Gasteiger partial charge in [-0.25, -0.2) is 4.79 Å². The van der Waals surface area contributed by atoms with Crippen molar-refractivity contribution >= 4 is 16.8 Å². The summed E-state index contributed by atoms with van der Waals surface area (Å²) in [5, 5.41) is 10.7. The fourth-order valence-corrected chi connectivity index (χ4v) is 2.86. The van der Waals surface area contributed by atoms with Crippen LogP contribution in [0.25, 0.3) is 11.0 Å². The zero-order valence-electron chi connectivity index (χ0n) is 12.2. The van der Waals surface area contributed by atoms with Crippen LogP contribution in [0.15, 0.2) is 21.3 Å². The molecule has 2 heterocycles. The molecule has 116 valence electrons. The van der Waals surface area contributed by atoms with E-state index in [9.17, 15) is 14.7 Å². The van der Waals surface area contributed by atoms with Gasteiger partial charge in [0.1, 0.15) is 23.2 Å². The van der Waals surface area contributed by atoms with E-state index in [1.165, 1.54) is 12.1 Å². The first kappa shape index (κ1) is 14.6. The van der Waals surface area contributed by atoms with Crippen molar-refractivity contribution < 1.29 is 19.1 Å². The highest BCUT2D eigenvalue weighted by atomic mass is 16.5. The Balaban J connectivity index is 2.34. The highest BCUT2D eigenvalue weighted by Gasteiger charge is 2.31. The number of ketones is 1. The third-order valence-corrected chi connectivity index (χ3v) is 3.81. The van der Waals surface area contributed by atoms with Crippen LogP contribution in [0.2, 0.25) is 0 Å². The first-order chi connectivity index (χ1) is 10.5. The molecule has 3 rings (SSSR count). The van der Waals surface area contributed by atoms with E-state index in [0.717, 1.165) is 6.42 Å². The summed E-state index contributed by atoms with van der Waals surface area (Å²) in [6, 6.07) is 2.76. The van der Waals surface area contributed by atoms with Gasteiger partial charge in [0.25, 0.3) is 0 Å². The lowest BCUT2D eigenvalue weighted by molar-refractivity contribution is 0.0860. The number of phenols is 1. The second-order valence-electron chi connectivity index (χ2n) is 5.42. The Morgan fingerprint density at radius 2 is 2.14 bits per heavy atom. The molecule has 6 heteroatoms. The molecule has 0 saturated heterocycles. The molecule has 22 heavy (non-hydrogen) atoms. The molecule has 0 aliphatic carbocycles. The van der Waals surface area contributed by atoms with E-state index in [4.69, 9.17) is 14.9 Å². The van der Waals surface area contributed by atoms with Crippen molar-refractivity contribution in [2.75, 3.05) is 6.54 Å². The van der Waals surface area contributed by atoms with E-state index in [-0.39, 0.29) is 41.4 Å². The summed E-state index contributed by atoms with van der Waals surface area (Å²) in [6.45, 7) is 2.17. The van der Waals surface area contributed by atoms with Crippen molar-refractivity contribution in [3.8, 4) is 11.5 Å². The number of aryl methyl sites for hydroxylation is 1. The smallest absolute Gasteiger partial charge is 0.336 e. The number of fused-ring (bicyclic) bond motifs is 3.